The van der Waals surface area contributed by atoms with Crippen LogP contribution in [0.25, 0.3) is 6.08 Å². The molecule has 0 aliphatic carbocycles. The molecule has 42 heavy (non-hydrogen) atoms. The van der Waals surface area contributed by atoms with Gasteiger partial charge in [0, 0.05) is 10.0 Å². The Morgan fingerprint density at radius 1 is 1.05 bits per heavy atom. The summed E-state index contributed by atoms with van der Waals surface area (Å²) in [5.41, 5.74) is -0.0281. The number of carboxylic acid groups (broad SMARTS) is 1. The third kappa shape index (κ3) is 7.31. The molecule has 3 aromatic carbocycles. The van der Waals surface area contributed by atoms with Crippen molar-refractivity contribution in [2.24, 2.45) is 0 Å². The fourth-order valence-electron chi connectivity index (χ4n) is 3.76. The fourth-order valence-corrected chi connectivity index (χ4v) is 4.97. The van der Waals surface area contributed by atoms with Crippen molar-refractivity contribution in [1.29, 1.82) is 0 Å². The first-order valence-corrected chi connectivity index (χ1v) is 13.5. The second kappa shape index (κ2) is 12.7. The standard InChI is InChI=1S/C28H20BrF3N2O7S/c1-40-22-8-6-18(28(30,31)32)12-20(22)33-24(35)13-34-25(36)23(42-27(34)39)11-17-10-19(29)7-9-21(17)41-14-15-2-4-16(5-3-15)26(37)38/h2-12H,13-14H2,1H3,(H,33,35)(H,37,38)/b23-11-. The van der Waals surface area contributed by atoms with E-state index in [0.717, 1.165) is 12.1 Å². The number of alkyl halides is 3. The van der Waals surface area contributed by atoms with Crippen LogP contribution in [-0.4, -0.2) is 46.7 Å². The molecule has 0 saturated carbocycles. The second-order valence-electron chi connectivity index (χ2n) is 8.70. The van der Waals surface area contributed by atoms with Gasteiger partial charge in [-0.2, -0.15) is 13.2 Å². The van der Waals surface area contributed by atoms with Gasteiger partial charge in [0.25, 0.3) is 11.1 Å². The predicted molar refractivity (Wildman–Crippen MR) is 151 cm³/mol. The van der Waals surface area contributed by atoms with Crippen LogP contribution in [0.4, 0.5) is 23.7 Å². The van der Waals surface area contributed by atoms with Crippen LogP contribution < -0.4 is 14.8 Å². The van der Waals surface area contributed by atoms with Crippen LogP contribution in [0.3, 0.4) is 0 Å². The highest BCUT2D eigenvalue weighted by molar-refractivity contribution is 9.10. The summed E-state index contributed by atoms with van der Waals surface area (Å²) in [5, 5.41) is 10.6. The number of hydrogen-bond donors (Lipinski definition) is 2. The van der Waals surface area contributed by atoms with Crippen molar-refractivity contribution in [2.75, 3.05) is 19.0 Å². The highest BCUT2D eigenvalue weighted by Gasteiger charge is 2.37. The van der Waals surface area contributed by atoms with E-state index in [9.17, 15) is 32.3 Å². The largest absolute Gasteiger partial charge is 0.495 e. The van der Waals surface area contributed by atoms with Crippen LogP contribution in [-0.2, 0) is 22.4 Å². The summed E-state index contributed by atoms with van der Waals surface area (Å²) in [6.45, 7) is -0.654. The molecule has 3 amide bonds. The zero-order chi connectivity index (χ0) is 30.6. The molecular weight excluding hydrogens is 645 g/mol. The van der Waals surface area contributed by atoms with Gasteiger partial charge in [0.2, 0.25) is 5.91 Å². The average molecular weight is 665 g/mol. The van der Waals surface area contributed by atoms with E-state index in [1.165, 1.54) is 25.3 Å². The second-order valence-corrected chi connectivity index (χ2v) is 10.6. The number of benzene rings is 3. The van der Waals surface area contributed by atoms with Gasteiger partial charge < -0.3 is 19.9 Å². The maximum absolute atomic E-state index is 13.1. The summed E-state index contributed by atoms with van der Waals surface area (Å²) in [7, 11) is 1.22. The van der Waals surface area contributed by atoms with Crippen molar-refractivity contribution in [2.45, 2.75) is 12.8 Å². The summed E-state index contributed by atoms with van der Waals surface area (Å²) in [5.74, 6) is -2.41. The maximum atomic E-state index is 13.1. The minimum absolute atomic E-state index is 0.00166. The minimum atomic E-state index is -4.66. The topological polar surface area (TPSA) is 122 Å². The van der Waals surface area contributed by atoms with Crippen LogP contribution in [0.1, 0.15) is 27.0 Å². The number of nitrogens with zero attached hydrogens (tertiary/aromatic N) is 1. The van der Waals surface area contributed by atoms with Gasteiger partial charge in [0.05, 0.1) is 28.8 Å². The van der Waals surface area contributed by atoms with Gasteiger partial charge in [-0.1, -0.05) is 28.1 Å². The van der Waals surface area contributed by atoms with Gasteiger partial charge in [0.15, 0.2) is 0 Å². The van der Waals surface area contributed by atoms with Crippen LogP contribution in [0.2, 0.25) is 0 Å². The molecule has 1 saturated heterocycles. The summed E-state index contributed by atoms with van der Waals surface area (Å²) in [6.07, 6.45) is -3.24. The number of halogens is 4. The van der Waals surface area contributed by atoms with Gasteiger partial charge in [-0.05, 0) is 71.9 Å². The number of rotatable bonds is 9. The first-order chi connectivity index (χ1) is 19.8. The molecule has 2 N–H and O–H groups in total. The molecule has 14 heteroatoms. The van der Waals surface area contributed by atoms with Gasteiger partial charge in [-0.3, -0.25) is 19.3 Å². The monoisotopic (exact) mass is 664 g/mol. The summed E-state index contributed by atoms with van der Waals surface area (Å²) in [4.78, 5) is 50.0. The predicted octanol–water partition coefficient (Wildman–Crippen LogP) is 6.43. The Bertz CT molecular complexity index is 1590. The number of thioether (sulfide) groups is 1. The first kappa shape index (κ1) is 30.7. The number of imide groups is 1. The molecule has 9 nitrogen and oxygen atoms in total. The van der Waals surface area contributed by atoms with Crippen molar-refractivity contribution in [3.05, 3.63) is 92.3 Å². The third-order valence-corrected chi connectivity index (χ3v) is 7.23. The number of nitrogens with one attached hydrogen (secondary N) is 1. The smallest absolute Gasteiger partial charge is 0.416 e. The highest BCUT2D eigenvalue weighted by atomic mass is 79.9. The Labute approximate surface area is 249 Å². The lowest BCUT2D eigenvalue weighted by molar-refractivity contribution is -0.137. The van der Waals surface area contributed by atoms with Crippen molar-refractivity contribution in [1.82, 2.24) is 4.90 Å². The van der Waals surface area contributed by atoms with E-state index < -0.39 is 41.3 Å². The van der Waals surface area contributed by atoms with E-state index in [0.29, 0.717) is 44.1 Å². The Morgan fingerprint density at radius 3 is 2.38 bits per heavy atom. The molecule has 0 bridgehead atoms. The molecule has 1 aliphatic rings. The number of methoxy groups -OCH3 is 1. The molecule has 0 radical (unpaired) electrons. The maximum Gasteiger partial charge on any atom is 0.416 e. The number of hydrogen-bond acceptors (Lipinski definition) is 7. The summed E-state index contributed by atoms with van der Waals surface area (Å²) >= 11 is 3.94. The molecule has 1 fully saturated rings. The van der Waals surface area contributed by atoms with Crippen LogP contribution in [0.5, 0.6) is 11.5 Å². The summed E-state index contributed by atoms with van der Waals surface area (Å²) in [6, 6.07) is 13.6. The molecule has 0 spiro atoms. The zero-order valence-corrected chi connectivity index (χ0v) is 23.9. The molecule has 3 aromatic rings. The average Bonchev–Trinajstić information content (AvgIpc) is 3.19. The number of carbonyl (C=O) groups excluding carboxylic acids is 3. The van der Waals surface area contributed by atoms with Crippen molar-refractivity contribution >= 4 is 62.5 Å². The van der Waals surface area contributed by atoms with E-state index in [4.69, 9.17) is 14.6 Å². The molecule has 218 valence electrons. The van der Waals surface area contributed by atoms with Gasteiger partial charge in [0.1, 0.15) is 24.7 Å². The highest BCUT2D eigenvalue weighted by Crippen LogP contribution is 2.37. The van der Waals surface area contributed by atoms with E-state index in [1.807, 2.05) is 0 Å². The number of carbonyl (C=O) groups is 4. The lowest BCUT2D eigenvalue weighted by atomic mass is 10.1. The molecule has 4 rings (SSSR count). The number of aromatic carboxylic acids is 1. The van der Waals surface area contributed by atoms with Crippen molar-refractivity contribution in [3.8, 4) is 11.5 Å². The van der Waals surface area contributed by atoms with Crippen LogP contribution in [0, 0.1) is 0 Å². The number of ether oxygens (including phenoxy) is 2. The Morgan fingerprint density at radius 2 is 1.74 bits per heavy atom. The fraction of sp³-hybridized carbons (Fsp3) is 0.143. The van der Waals surface area contributed by atoms with Crippen molar-refractivity contribution < 1.29 is 46.9 Å². The molecule has 0 atom stereocenters. The number of anilines is 1. The Balaban J connectivity index is 1.48. The molecular formula is C28H20BrF3N2O7S. The normalized spacial score (nSPS) is 14.3. The van der Waals surface area contributed by atoms with E-state index >= 15 is 0 Å². The lowest BCUT2D eigenvalue weighted by Gasteiger charge is -2.16. The Kier molecular flexibility index (Phi) is 9.27. The number of amides is 3. The van der Waals surface area contributed by atoms with Gasteiger partial charge in [-0.15, -0.1) is 0 Å². The minimum Gasteiger partial charge on any atom is -0.495 e. The van der Waals surface area contributed by atoms with Crippen LogP contribution >= 0.6 is 27.7 Å². The molecule has 0 aromatic heterocycles. The van der Waals surface area contributed by atoms with E-state index in [-0.39, 0.29) is 28.5 Å². The zero-order valence-electron chi connectivity index (χ0n) is 21.5. The van der Waals surface area contributed by atoms with Gasteiger partial charge >= 0.3 is 12.1 Å². The molecule has 1 heterocycles. The SMILES string of the molecule is COc1ccc(C(F)(F)F)cc1NC(=O)CN1C(=O)S/C(=C\c2cc(Br)ccc2OCc2ccc(C(=O)O)cc2)C1=O. The molecule has 0 unspecified atom stereocenters. The summed E-state index contributed by atoms with van der Waals surface area (Å²) < 4.78 is 50.9. The lowest BCUT2D eigenvalue weighted by Crippen LogP contribution is -2.36. The molecule has 1 aliphatic heterocycles. The van der Waals surface area contributed by atoms with E-state index in [1.54, 1.807) is 30.3 Å². The van der Waals surface area contributed by atoms with Gasteiger partial charge in [-0.25, -0.2) is 4.79 Å². The van der Waals surface area contributed by atoms with Crippen LogP contribution in [0.15, 0.2) is 70.0 Å². The van der Waals surface area contributed by atoms with Crippen molar-refractivity contribution in [3.63, 3.8) is 0 Å². The van der Waals surface area contributed by atoms with E-state index in [2.05, 4.69) is 21.2 Å². The first-order valence-electron chi connectivity index (χ1n) is 11.9. The third-order valence-electron chi connectivity index (χ3n) is 5.83. The number of carboxylic acids is 1. The quantitative estimate of drug-likeness (QED) is 0.251. The Hall–Kier alpha value is -4.30.